The molecule has 2 heterocycles. The molecule has 0 spiro atoms. The van der Waals surface area contributed by atoms with Gasteiger partial charge in [-0.3, -0.25) is 9.69 Å². The fraction of sp³-hybridized carbons (Fsp3) is 0.350. The first-order chi connectivity index (χ1) is 13.4. The number of amides is 1. The Morgan fingerprint density at radius 2 is 1.86 bits per heavy atom. The van der Waals surface area contributed by atoms with Crippen LogP contribution >= 0.6 is 0 Å². The standard InChI is InChI=1S/C20H22FN3O3S/c21-17-6-3-7-19(10-17)28(26,27)22-11-20(25)24-13-18(14-24)23-9-8-15-4-1-2-5-16(15)12-23/h1-7,10,18,22H,8-9,11-14H2. The lowest BCUT2D eigenvalue weighted by Crippen LogP contribution is -2.62. The van der Waals surface area contributed by atoms with E-state index in [1.165, 1.54) is 29.3 Å². The van der Waals surface area contributed by atoms with Crippen molar-refractivity contribution in [2.24, 2.45) is 0 Å². The van der Waals surface area contributed by atoms with Crippen molar-refractivity contribution in [1.82, 2.24) is 14.5 Å². The van der Waals surface area contributed by atoms with E-state index in [0.717, 1.165) is 25.6 Å². The third kappa shape index (κ3) is 3.94. The van der Waals surface area contributed by atoms with Crippen LogP contribution in [0.3, 0.4) is 0 Å². The number of rotatable bonds is 5. The van der Waals surface area contributed by atoms with Gasteiger partial charge in [-0.15, -0.1) is 0 Å². The quantitative estimate of drug-likeness (QED) is 0.819. The van der Waals surface area contributed by atoms with Gasteiger partial charge in [-0.05, 0) is 35.7 Å². The second-order valence-corrected chi connectivity index (χ2v) is 8.99. The molecule has 0 radical (unpaired) electrons. The summed E-state index contributed by atoms with van der Waals surface area (Å²) in [6, 6.07) is 13.4. The lowest BCUT2D eigenvalue weighted by atomic mass is 9.96. The van der Waals surface area contributed by atoms with Gasteiger partial charge in [0.1, 0.15) is 5.82 Å². The Balaban J connectivity index is 1.28. The number of nitrogens with zero attached hydrogens (tertiary/aromatic N) is 2. The fourth-order valence-corrected chi connectivity index (χ4v) is 4.71. The monoisotopic (exact) mass is 403 g/mol. The highest BCUT2D eigenvalue weighted by atomic mass is 32.2. The molecule has 6 nitrogen and oxygen atoms in total. The molecule has 0 aliphatic carbocycles. The second kappa shape index (κ2) is 7.62. The second-order valence-electron chi connectivity index (χ2n) is 7.22. The van der Waals surface area contributed by atoms with Gasteiger partial charge < -0.3 is 4.90 Å². The topological polar surface area (TPSA) is 69.7 Å². The smallest absolute Gasteiger partial charge is 0.241 e. The van der Waals surface area contributed by atoms with Gasteiger partial charge in [0.25, 0.3) is 0 Å². The van der Waals surface area contributed by atoms with Crippen molar-refractivity contribution in [3.8, 4) is 0 Å². The Morgan fingerprint density at radius 3 is 2.61 bits per heavy atom. The first-order valence-corrected chi connectivity index (χ1v) is 10.7. The van der Waals surface area contributed by atoms with Gasteiger partial charge >= 0.3 is 0 Å². The molecule has 0 atom stereocenters. The van der Waals surface area contributed by atoms with E-state index in [9.17, 15) is 17.6 Å². The van der Waals surface area contributed by atoms with Crippen molar-refractivity contribution in [1.29, 1.82) is 0 Å². The normalized spacial score (nSPS) is 17.8. The first-order valence-electron chi connectivity index (χ1n) is 9.26. The number of sulfonamides is 1. The van der Waals surface area contributed by atoms with Gasteiger partial charge in [-0.1, -0.05) is 30.3 Å². The van der Waals surface area contributed by atoms with Crippen molar-refractivity contribution in [2.75, 3.05) is 26.2 Å². The largest absolute Gasteiger partial charge is 0.338 e. The lowest BCUT2D eigenvalue weighted by molar-refractivity contribution is -0.137. The summed E-state index contributed by atoms with van der Waals surface area (Å²) >= 11 is 0. The third-order valence-corrected chi connectivity index (χ3v) is 6.81. The minimum atomic E-state index is -3.91. The van der Waals surface area contributed by atoms with E-state index in [1.807, 2.05) is 6.07 Å². The summed E-state index contributed by atoms with van der Waals surface area (Å²) in [5.41, 5.74) is 2.72. The molecule has 0 aromatic heterocycles. The number of carbonyl (C=O) groups is 1. The third-order valence-electron chi connectivity index (χ3n) is 5.41. The summed E-state index contributed by atoms with van der Waals surface area (Å²) in [7, 11) is -3.91. The molecule has 2 aliphatic rings. The molecule has 4 rings (SSSR count). The number of hydrogen-bond donors (Lipinski definition) is 1. The summed E-state index contributed by atoms with van der Waals surface area (Å²) in [5, 5.41) is 0. The minimum absolute atomic E-state index is 0.186. The van der Waals surface area contributed by atoms with Crippen molar-refractivity contribution in [3.05, 3.63) is 65.5 Å². The lowest BCUT2D eigenvalue weighted by Gasteiger charge is -2.47. The van der Waals surface area contributed by atoms with Crippen LogP contribution in [0.25, 0.3) is 0 Å². The highest BCUT2D eigenvalue weighted by molar-refractivity contribution is 7.89. The number of halogens is 1. The highest BCUT2D eigenvalue weighted by Gasteiger charge is 2.36. The van der Waals surface area contributed by atoms with Crippen molar-refractivity contribution in [3.63, 3.8) is 0 Å². The maximum Gasteiger partial charge on any atom is 0.241 e. The average molecular weight is 403 g/mol. The Bertz CT molecular complexity index is 990. The van der Waals surface area contributed by atoms with Crippen LogP contribution in [0.15, 0.2) is 53.4 Å². The number of nitrogens with one attached hydrogen (secondary N) is 1. The fourth-order valence-electron chi connectivity index (χ4n) is 3.71. The number of fused-ring (bicyclic) bond motifs is 1. The summed E-state index contributed by atoms with van der Waals surface area (Å²) < 4.78 is 39.9. The zero-order valence-electron chi connectivity index (χ0n) is 15.3. The molecule has 1 saturated heterocycles. The molecule has 2 aliphatic heterocycles. The molecule has 2 aromatic rings. The zero-order chi connectivity index (χ0) is 19.7. The predicted molar refractivity (Wildman–Crippen MR) is 103 cm³/mol. The molecule has 0 unspecified atom stereocenters. The van der Waals surface area contributed by atoms with Crippen LogP contribution in [-0.2, 0) is 27.8 Å². The zero-order valence-corrected chi connectivity index (χ0v) is 16.2. The van der Waals surface area contributed by atoms with Crippen LogP contribution in [0.1, 0.15) is 11.1 Å². The van der Waals surface area contributed by atoms with Gasteiger partial charge in [-0.2, -0.15) is 0 Å². The van der Waals surface area contributed by atoms with Gasteiger partial charge in [-0.25, -0.2) is 17.5 Å². The molecule has 148 valence electrons. The van der Waals surface area contributed by atoms with Gasteiger partial charge in [0.15, 0.2) is 0 Å². The number of benzene rings is 2. The van der Waals surface area contributed by atoms with E-state index in [0.29, 0.717) is 19.1 Å². The molecule has 0 saturated carbocycles. The molecular weight excluding hydrogens is 381 g/mol. The number of hydrogen-bond acceptors (Lipinski definition) is 4. The predicted octanol–water partition coefficient (Wildman–Crippen LogP) is 1.37. The van der Waals surface area contributed by atoms with Crippen LogP contribution in [0, 0.1) is 5.82 Å². The molecule has 2 aromatic carbocycles. The van der Waals surface area contributed by atoms with Crippen LogP contribution in [0.5, 0.6) is 0 Å². The van der Waals surface area contributed by atoms with Crippen LogP contribution < -0.4 is 4.72 Å². The van der Waals surface area contributed by atoms with E-state index in [-0.39, 0.29) is 17.3 Å². The Labute approximate surface area is 164 Å². The van der Waals surface area contributed by atoms with Crippen molar-refractivity contribution in [2.45, 2.75) is 23.9 Å². The van der Waals surface area contributed by atoms with E-state index in [2.05, 4.69) is 27.8 Å². The molecular formula is C20H22FN3O3S. The molecule has 0 bridgehead atoms. The summed E-state index contributed by atoms with van der Waals surface area (Å²) in [6.07, 6.45) is 1.01. The van der Waals surface area contributed by atoms with Crippen molar-refractivity contribution >= 4 is 15.9 Å². The molecule has 8 heteroatoms. The molecule has 1 N–H and O–H groups in total. The average Bonchev–Trinajstić information content (AvgIpc) is 2.65. The highest BCUT2D eigenvalue weighted by Crippen LogP contribution is 2.24. The molecule has 1 fully saturated rings. The summed E-state index contributed by atoms with van der Waals surface area (Å²) in [4.78, 5) is 16.1. The van der Waals surface area contributed by atoms with Crippen LogP contribution in [0.2, 0.25) is 0 Å². The van der Waals surface area contributed by atoms with Crippen molar-refractivity contribution < 1.29 is 17.6 Å². The first kappa shape index (κ1) is 19.0. The molecule has 1 amide bonds. The number of carbonyl (C=O) groups excluding carboxylic acids is 1. The van der Waals surface area contributed by atoms with Crippen LogP contribution in [-0.4, -0.2) is 56.3 Å². The summed E-state index contributed by atoms with van der Waals surface area (Å²) in [5.74, 6) is -0.906. The van der Waals surface area contributed by atoms with E-state index >= 15 is 0 Å². The van der Waals surface area contributed by atoms with E-state index in [4.69, 9.17) is 0 Å². The van der Waals surface area contributed by atoms with Gasteiger partial charge in [0.2, 0.25) is 15.9 Å². The molecule has 28 heavy (non-hydrogen) atoms. The Kier molecular flexibility index (Phi) is 5.18. The SMILES string of the molecule is O=C(CNS(=O)(=O)c1cccc(F)c1)N1CC(N2CCc3ccccc3C2)C1. The van der Waals surface area contributed by atoms with Gasteiger partial charge in [0, 0.05) is 32.2 Å². The maximum absolute atomic E-state index is 13.2. The minimum Gasteiger partial charge on any atom is -0.338 e. The Morgan fingerprint density at radius 1 is 1.11 bits per heavy atom. The van der Waals surface area contributed by atoms with Gasteiger partial charge in [0.05, 0.1) is 11.4 Å². The van der Waals surface area contributed by atoms with E-state index < -0.39 is 15.8 Å². The number of likely N-dealkylation sites (tertiary alicyclic amines) is 1. The maximum atomic E-state index is 13.2. The van der Waals surface area contributed by atoms with E-state index in [1.54, 1.807) is 4.90 Å². The van der Waals surface area contributed by atoms with Crippen LogP contribution in [0.4, 0.5) is 4.39 Å². The Hall–Kier alpha value is -2.29. The summed E-state index contributed by atoms with van der Waals surface area (Å²) in [6.45, 7) is 2.73.